The van der Waals surface area contributed by atoms with Crippen LogP contribution >= 0.6 is 0 Å². The number of carbonyl (C=O) groups is 1. The topological polar surface area (TPSA) is 122 Å². The summed E-state index contributed by atoms with van der Waals surface area (Å²) in [7, 11) is 3.43. The third kappa shape index (κ3) is 4.85. The van der Waals surface area contributed by atoms with Crippen molar-refractivity contribution in [1.82, 2.24) is 20.0 Å². The minimum Gasteiger partial charge on any atom is -0.550 e. The average Bonchev–Trinajstić information content (AvgIpc) is 3.49. The van der Waals surface area contributed by atoms with Crippen LogP contribution in [0.1, 0.15) is 35.3 Å². The first-order chi connectivity index (χ1) is 18.0. The maximum atomic E-state index is 8.89. The number of fused-ring (bicyclic) bond motifs is 4. The fraction of sp³-hybridized carbons (Fsp3) is 0.250. The van der Waals surface area contributed by atoms with E-state index in [2.05, 4.69) is 50.9 Å². The van der Waals surface area contributed by atoms with Crippen LogP contribution in [-0.4, -0.2) is 46.7 Å². The van der Waals surface area contributed by atoms with E-state index < -0.39 is 5.97 Å². The molecule has 9 nitrogen and oxygen atoms in total. The van der Waals surface area contributed by atoms with Gasteiger partial charge in [-0.3, -0.25) is 0 Å². The largest absolute Gasteiger partial charge is 0.550 e. The van der Waals surface area contributed by atoms with E-state index in [4.69, 9.17) is 19.4 Å². The number of nitrogens with zero attached hydrogens (tertiary/aromatic N) is 3. The molecule has 0 saturated heterocycles. The number of H-pyrrole nitrogens is 1. The first kappa shape index (κ1) is 24.3. The van der Waals surface area contributed by atoms with Gasteiger partial charge in [-0.2, -0.15) is 0 Å². The first-order valence-electron chi connectivity index (χ1n) is 12.1. The predicted octanol–water partition coefficient (Wildman–Crippen LogP) is 1.94. The third-order valence-corrected chi connectivity index (χ3v) is 6.66. The van der Waals surface area contributed by atoms with E-state index in [0.717, 1.165) is 53.5 Å². The number of carboxylic acids is 1. The Balaban J connectivity index is 0.000000655. The number of methoxy groups -OCH3 is 2. The summed E-state index contributed by atoms with van der Waals surface area (Å²) in [5.41, 5.74) is 8.05. The number of ether oxygens (including phenoxy) is 2. The number of benzene rings is 3. The van der Waals surface area contributed by atoms with E-state index in [0.29, 0.717) is 6.54 Å². The molecule has 1 unspecified atom stereocenters. The van der Waals surface area contributed by atoms with E-state index >= 15 is 0 Å². The number of nitrogens with one attached hydrogen (secondary N) is 1. The summed E-state index contributed by atoms with van der Waals surface area (Å²) in [5, 5.41) is 21.2. The number of hydrogen-bond acceptors (Lipinski definition) is 6. The molecular formula is C28H29N5O4. The molecule has 1 atom stereocenters. The number of carboxylic acid groups (broad SMARTS) is 1. The molecule has 190 valence electrons. The highest BCUT2D eigenvalue weighted by atomic mass is 16.5. The number of aromatic nitrogens is 4. The van der Waals surface area contributed by atoms with E-state index in [9.17, 15) is 0 Å². The van der Waals surface area contributed by atoms with E-state index in [1.165, 1.54) is 22.2 Å². The van der Waals surface area contributed by atoms with Crippen LogP contribution in [-0.2, 0) is 17.8 Å². The van der Waals surface area contributed by atoms with Gasteiger partial charge in [0, 0.05) is 34.4 Å². The smallest absolute Gasteiger partial charge is 0.153 e. The van der Waals surface area contributed by atoms with Crippen molar-refractivity contribution < 1.29 is 24.7 Å². The second-order valence-electron chi connectivity index (χ2n) is 8.98. The zero-order chi connectivity index (χ0) is 25.9. The lowest BCUT2D eigenvalue weighted by atomic mass is 9.93. The molecule has 0 amide bonds. The van der Waals surface area contributed by atoms with Gasteiger partial charge in [0.2, 0.25) is 0 Å². The Bertz CT molecular complexity index is 1570. The van der Waals surface area contributed by atoms with Crippen molar-refractivity contribution in [1.29, 1.82) is 0 Å². The van der Waals surface area contributed by atoms with Gasteiger partial charge in [0.15, 0.2) is 6.04 Å². The van der Waals surface area contributed by atoms with Crippen molar-refractivity contribution in [3.05, 3.63) is 83.0 Å². The van der Waals surface area contributed by atoms with Gasteiger partial charge in [-0.25, -0.2) is 4.68 Å². The van der Waals surface area contributed by atoms with E-state index in [1.54, 1.807) is 14.2 Å². The predicted molar refractivity (Wildman–Crippen MR) is 137 cm³/mol. The minimum atomic E-state index is -1.08. The third-order valence-electron chi connectivity index (χ3n) is 6.66. The summed E-state index contributed by atoms with van der Waals surface area (Å²) < 4.78 is 13.1. The number of quaternary nitrogens is 1. The van der Waals surface area contributed by atoms with Crippen LogP contribution in [0.15, 0.2) is 60.7 Å². The molecule has 3 heterocycles. The highest BCUT2D eigenvalue weighted by molar-refractivity contribution is 5.86. The lowest BCUT2D eigenvalue weighted by Gasteiger charge is -2.22. The number of para-hydroxylation sites is 1. The molecular weight excluding hydrogens is 470 g/mol. The van der Waals surface area contributed by atoms with Gasteiger partial charge in [0.05, 0.1) is 38.5 Å². The first-order valence-corrected chi connectivity index (χ1v) is 12.1. The van der Waals surface area contributed by atoms with Gasteiger partial charge in [0.25, 0.3) is 0 Å². The Labute approximate surface area is 214 Å². The van der Waals surface area contributed by atoms with Gasteiger partial charge in [0.1, 0.15) is 17.0 Å². The molecule has 2 aromatic heterocycles. The molecule has 9 heteroatoms. The van der Waals surface area contributed by atoms with Crippen molar-refractivity contribution >= 4 is 27.9 Å². The Morgan fingerprint density at radius 1 is 1.14 bits per heavy atom. The summed E-state index contributed by atoms with van der Waals surface area (Å²) in [4.78, 5) is 12.6. The van der Waals surface area contributed by atoms with E-state index in [-0.39, 0.29) is 6.04 Å². The standard InChI is InChI=1S/C26H25N5O2.C2H4O2/c1-32-18-8-9-21-20(14-18)19-11-12-27-25(26(19)28-21)16-7-10-24(33-2)17(13-16)15-31-23-6-4-3-5-22(23)29-30-31;1-2(3)4/h3-10,13-14,25,27-28H,11-12,15H2,1-2H3;1H3,(H,3,4). The van der Waals surface area contributed by atoms with Crippen molar-refractivity contribution in [3.63, 3.8) is 0 Å². The number of nitrogens with two attached hydrogens (primary N) is 1. The molecule has 3 N–H and O–H groups in total. The monoisotopic (exact) mass is 499 g/mol. The zero-order valence-electron chi connectivity index (χ0n) is 21.0. The summed E-state index contributed by atoms with van der Waals surface area (Å²) >= 11 is 0. The normalized spacial score (nSPS) is 14.6. The Morgan fingerprint density at radius 3 is 2.73 bits per heavy atom. The van der Waals surface area contributed by atoms with Crippen molar-refractivity contribution in [2.45, 2.75) is 25.9 Å². The molecule has 5 aromatic rings. The number of carbonyl (C=O) groups excluding carboxylic acids is 1. The van der Waals surface area contributed by atoms with Gasteiger partial charge in [-0.1, -0.05) is 17.3 Å². The lowest BCUT2D eigenvalue weighted by molar-refractivity contribution is -0.690. The molecule has 3 aromatic carbocycles. The number of aromatic amines is 1. The highest BCUT2D eigenvalue weighted by Gasteiger charge is 2.29. The molecule has 6 rings (SSSR count). The zero-order valence-corrected chi connectivity index (χ0v) is 21.0. The van der Waals surface area contributed by atoms with Crippen molar-refractivity contribution in [2.24, 2.45) is 0 Å². The molecule has 1 aliphatic rings. The number of rotatable bonds is 5. The summed E-state index contributed by atoms with van der Waals surface area (Å²) in [5.74, 6) is 0.665. The van der Waals surface area contributed by atoms with Crippen LogP contribution in [0.4, 0.5) is 0 Å². The van der Waals surface area contributed by atoms with Gasteiger partial charge in [-0.05, 0) is 61.0 Å². The maximum Gasteiger partial charge on any atom is 0.153 e. The van der Waals surface area contributed by atoms with Crippen molar-refractivity contribution in [3.8, 4) is 11.5 Å². The van der Waals surface area contributed by atoms with E-state index in [1.807, 2.05) is 35.0 Å². The molecule has 1 aliphatic heterocycles. The molecule has 0 radical (unpaired) electrons. The quantitative estimate of drug-likeness (QED) is 0.381. The number of hydrogen-bond donors (Lipinski definition) is 2. The van der Waals surface area contributed by atoms with Crippen LogP contribution < -0.4 is 19.9 Å². The molecule has 0 spiro atoms. The fourth-order valence-electron chi connectivity index (χ4n) is 5.04. The van der Waals surface area contributed by atoms with Crippen LogP contribution in [0.2, 0.25) is 0 Å². The highest BCUT2D eigenvalue weighted by Crippen LogP contribution is 2.34. The average molecular weight is 500 g/mol. The molecule has 0 fully saturated rings. The molecule has 0 aliphatic carbocycles. The Morgan fingerprint density at radius 2 is 1.95 bits per heavy atom. The molecule has 0 saturated carbocycles. The lowest BCUT2D eigenvalue weighted by Crippen LogP contribution is -2.87. The van der Waals surface area contributed by atoms with Crippen LogP contribution in [0.25, 0.3) is 21.9 Å². The Kier molecular flexibility index (Phi) is 6.78. The maximum absolute atomic E-state index is 8.89. The summed E-state index contributed by atoms with van der Waals surface area (Å²) in [6.07, 6.45) is 1.03. The van der Waals surface area contributed by atoms with Crippen LogP contribution in [0.5, 0.6) is 11.5 Å². The summed E-state index contributed by atoms with van der Waals surface area (Å²) in [6, 6.07) is 21.0. The van der Waals surface area contributed by atoms with Gasteiger partial charge < -0.3 is 29.7 Å². The Hall–Kier alpha value is -4.37. The SMILES string of the molecule is CC(=O)[O-].COc1ccc2[nH]c3c(c2c1)CC[NH2+]C3c1ccc(OC)c(Cn2nnc3ccccc32)c1. The second kappa shape index (κ2) is 10.3. The van der Waals surface area contributed by atoms with Gasteiger partial charge in [-0.15, -0.1) is 5.10 Å². The second-order valence-corrected chi connectivity index (χ2v) is 8.98. The van der Waals surface area contributed by atoms with Gasteiger partial charge >= 0.3 is 0 Å². The van der Waals surface area contributed by atoms with Crippen LogP contribution in [0, 0.1) is 0 Å². The number of aliphatic carboxylic acids is 1. The molecule has 0 bridgehead atoms. The van der Waals surface area contributed by atoms with Crippen LogP contribution in [0.3, 0.4) is 0 Å². The summed E-state index contributed by atoms with van der Waals surface area (Å²) in [6.45, 7) is 2.61. The fourth-order valence-corrected chi connectivity index (χ4v) is 5.04. The molecule has 37 heavy (non-hydrogen) atoms. The van der Waals surface area contributed by atoms with Crippen molar-refractivity contribution in [2.75, 3.05) is 20.8 Å². The minimum absolute atomic E-state index is 0.198.